The van der Waals surface area contributed by atoms with Crippen molar-refractivity contribution in [1.82, 2.24) is 5.32 Å². The number of hydrogen-bond donors (Lipinski definition) is 2. The van der Waals surface area contributed by atoms with Crippen molar-refractivity contribution in [1.29, 1.82) is 0 Å². The van der Waals surface area contributed by atoms with E-state index >= 15 is 0 Å². The quantitative estimate of drug-likeness (QED) is 0.517. The van der Waals surface area contributed by atoms with Crippen molar-refractivity contribution >= 4 is 17.5 Å². The van der Waals surface area contributed by atoms with Gasteiger partial charge in [0.25, 0.3) is 0 Å². The van der Waals surface area contributed by atoms with Crippen molar-refractivity contribution in [3.63, 3.8) is 0 Å². The maximum atomic E-state index is 13.1. The molecule has 0 aromatic rings. The normalized spacial score (nSPS) is 34.7. The maximum absolute atomic E-state index is 13.1. The molecule has 0 amide bonds. The van der Waals surface area contributed by atoms with E-state index in [1.807, 2.05) is 0 Å². The molecule has 3 rings (SSSR count). The Morgan fingerprint density at radius 3 is 2.66 bits per heavy atom. The Balaban J connectivity index is 1.83. The second kappa shape index (κ2) is 7.92. The molecule has 4 atom stereocenters. The first kappa shape index (κ1) is 21.5. The molecule has 0 aromatic carbocycles. The molecule has 0 aliphatic heterocycles. The van der Waals surface area contributed by atoms with E-state index in [1.54, 1.807) is 0 Å². The number of carboxylic acid groups (broad SMARTS) is 1. The van der Waals surface area contributed by atoms with E-state index in [4.69, 9.17) is 5.11 Å². The molecule has 5 heteroatoms. The average Bonchev–Trinajstić information content (AvgIpc) is 2.64. The van der Waals surface area contributed by atoms with Gasteiger partial charge in [-0.25, -0.2) is 0 Å². The zero-order valence-electron chi connectivity index (χ0n) is 18.0. The third-order valence-corrected chi connectivity index (χ3v) is 7.96. The van der Waals surface area contributed by atoms with E-state index < -0.39 is 5.97 Å². The first-order chi connectivity index (χ1) is 13.6. The van der Waals surface area contributed by atoms with E-state index in [1.165, 1.54) is 24.1 Å². The fraction of sp³-hybridized carbons (Fsp3) is 0.625. The molecule has 3 aliphatic rings. The molecular weight excluding hydrogens is 366 g/mol. The Bertz CT molecular complexity index is 821. The summed E-state index contributed by atoms with van der Waals surface area (Å²) in [7, 11) is 0. The molecule has 3 aliphatic carbocycles. The Morgan fingerprint density at radius 2 is 1.97 bits per heavy atom. The van der Waals surface area contributed by atoms with Crippen LogP contribution in [0.1, 0.15) is 66.2 Å². The van der Waals surface area contributed by atoms with Crippen molar-refractivity contribution in [2.45, 2.75) is 66.2 Å². The molecular formula is C24H33NO4. The summed E-state index contributed by atoms with van der Waals surface area (Å²) in [5.74, 6) is -0.371. The predicted molar refractivity (Wildman–Crippen MR) is 112 cm³/mol. The third kappa shape index (κ3) is 3.96. The van der Waals surface area contributed by atoms with Gasteiger partial charge in [-0.1, -0.05) is 32.4 Å². The van der Waals surface area contributed by atoms with Gasteiger partial charge in [-0.3, -0.25) is 14.4 Å². The number of ketones is 2. The third-order valence-electron chi connectivity index (χ3n) is 7.96. The van der Waals surface area contributed by atoms with Gasteiger partial charge in [0.05, 0.1) is 12.1 Å². The van der Waals surface area contributed by atoms with Crippen LogP contribution >= 0.6 is 0 Å². The number of carboxylic acids is 1. The van der Waals surface area contributed by atoms with Gasteiger partial charge in [0.2, 0.25) is 5.78 Å². The van der Waals surface area contributed by atoms with Crippen molar-refractivity contribution in [3.05, 3.63) is 35.1 Å². The van der Waals surface area contributed by atoms with E-state index in [0.717, 1.165) is 19.3 Å². The number of carbonyl (C=O) groups is 3. The van der Waals surface area contributed by atoms with Crippen LogP contribution < -0.4 is 5.32 Å². The van der Waals surface area contributed by atoms with E-state index in [9.17, 15) is 14.4 Å². The molecule has 0 bridgehead atoms. The Hall–Kier alpha value is -2.17. The summed E-state index contributed by atoms with van der Waals surface area (Å²) in [5.41, 5.74) is 2.33. The highest BCUT2D eigenvalue weighted by atomic mass is 16.4. The van der Waals surface area contributed by atoms with Gasteiger partial charge in [-0.2, -0.15) is 0 Å². The number of allylic oxidation sites excluding steroid dienone is 5. The first-order valence-electron chi connectivity index (χ1n) is 10.7. The van der Waals surface area contributed by atoms with Gasteiger partial charge in [0, 0.05) is 18.2 Å². The maximum Gasteiger partial charge on any atom is 0.305 e. The van der Waals surface area contributed by atoms with Crippen LogP contribution in [0.5, 0.6) is 0 Å². The lowest BCUT2D eigenvalue weighted by Gasteiger charge is -2.58. The number of hydrogen-bond acceptors (Lipinski definition) is 4. The van der Waals surface area contributed by atoms with Crippen LogP contribution in [0.3, 0.4) is 0 Å². The summed E-state index contributed by atoms with van der Waals surface area (Å²) in [6.45, 7) is 9.32. The smallest absolute Gasteiger partial charge is 0.305 e. The monoisotopic (exact) mass is 399 g/mol. The summed E-state index contributed by atoms with van der Waals surface area (Å²) < 4.78 is 0. The number of nitrogens with one attached hydrogen (secondary N) is 1. The molecule has 0 saturated heterocycles. The molecule has 0 aromatic heterocycles. The van der Waals surface area contributed by atoms with Gasteiger partial charge >= 0.3 is 5.97 Å². The van der Waals surface area contributed by atoms with E-state index in [-0.39, 0.29) is 41.1 Å². The largest absolute Gasteiger partial charge is 0.481 e. The molecule has 0 unspecified atom stereocenters. The molecule has 2 N–H and O–H groups in total. The Labute approximate surface area is 173 Å². The lowest BCUT2D eigenvalue weighted by molar-refractivity contribution is -0.136. The minimum Gasteiger partial charge on any atom is -0.481 e. The van der Waals surface area contributed by atoms with Crippen molar-refractivity contribution < 1.29 is 19.5 Å². The van der Waals surface area contributed by atoms with Crippen LogP contribution in [0.25, 0.3) is 0 Å². The second-order valence-corrected chi connectivity index (χ2v) is 9.59. The fourth-order valence-electron chi connectivity index (χ4n) is 5.85. The van der Waals surface area contributed by atoms with Gasteiger partial charge in [-0.15, -0.1) is 0 Å². The number of Topliss-reactive ketones (excluding diaryl/α,β-unsaturated/α-hetero) is 1. The summed E-state index contributed by atoms with van der Waals surface area (Å²) in [4.78, 5) is 36.1. The van der Waals surface area contributed by atoms with Crippen LogP contribution in [0.15, 0.2) is 35.1 Å². The highest BCUT2D eigenvalue weighted by molar-refractivity contribution is 6.20. The molecule has 0 radical (unpaired) electrons. The number of aliphatic carboxylic acids is 1. The Kier molecular flexibility index (Phi) is 5.88. The van der Waals surface area contributed by atoms with Crippen molar-refractivity contribution in [2.24, 2.45) is 22.7 Å². The molecule has 158 valence electrons. The molecule has 29 heavy (non-hydrogen) atoms. The lowest BCUT2D eigenvalue weighted by atomic mass is 9.46. The van der Waals surface area contributed by atoms with E-state index in [2.05, 4.69) is 39.1 Å². The Morgan fingerprint density at radius 1 is 1.24 bits per heavy atom. The molecule has 1 fully saturated rings. The predicted octanol–water partition coefficient (Wildman–Crippen LogP) is 4.20. The van der Waals surface area contributed by atoms with Gasteiger partial charge < -0.3 is 10.4 Å². The van der Waals surface area contributed by atoms with Crippen molar-refractivity contribution in [2.75, 3.05) is 6.54 Å². The van der Waals surface area contributed by atoms with Crippen LogP contribution in [-0.2, 0) is 14.4 Å². The average molecular weight is 400 g/mol. The highest BCUT2D eigenvalue weighted by Gasteiger charge is 2.53. The standard InChI is InChI=1S/C24H33NO4/c1-15-6-5-7-20-23(15,3)10-8-16(2)24(20,4)14-17-12-18(26)13-19(22(17)29)25-11-9-21(27)28/h6,12-13,16,20,25H,5,7-11,14H2,1-4H3,(H,27,28)/t16-,20+,23+,24+/m0/s1. The number of rotatable bonds is 6. The van der Waals surface area contributed by atoms with Crippen LogP contribution in [0, 0.1) is 22.7 Å². The topological polar surface area (TPSA) is 83.5 Å². The van der Waals surface area contributed by atoms with Crippen LogP contribution in [0.2, 0.25) is 0 Å². The minimum absolute atomic E-state index is 0.0617. The van der Waals surface area contributed by atoms with Gasteiger partial charge in [0.15, 0.2) is 5.78 Å². The minimum atomic E-state index is -0.938. The molecule has 5 nitrogen and oxygen atoms in total. The second-order valence-electron chi connectivity index (χ2n) is 9.59. The summed E-state index contributed by atoms with van der Waals surface area (Å²) in [5, 5.41) is 11.7. The van der Waals surface area contributed by atoms with Crippen molar-refractivity contribution in [3.8, 4) is 0 Å². The van der Waals surface area contributed by atoms with Crippen LogP contribution in [-0.4, -0.2) is 29.2 Å². The van der Waals surface area contributed by atoms with E-state index in [0.29, 0.717) is 23.8 Å². The first-order valence-corrected chi connectivity index (χ1v) is 10.7. The summed E-state index contributed by atoms with van der Waals surface area (Å²) in [6, 6.07) is 0. The highest BCUT2D eigenvalue weighted by Crippen LogP contribution is 2.62. The molecule has 0 heterocycles. The SMILES string of the molecule is CC1=CCC[C@H]2[C@](C)(CC3=CC(=O)C=C(NCCC(=O)O)C3=O)[C@@H](C)CC[C@]12C. The zero-order valence-corrected chi connectivity index (χ0v) is 18.0. The van der Waals surface area contributed by atoms with Crippen LogP contribution in [0.4, 0.5) is 0 Å². The zero-order chi connectivity index (χ0) is 21.4. The number of fused-ring (bicyclic) bond motifs is 1. The fourth-order valence-corrected chi connectivity index (χ4v) is 5.85. The lowest BCUT2D eigenvalue weighted by Crippen LogP contribution is -2.50. The molecule has 0 spiro atoms. The van der Waals surface area contributed by atoms with Gasteiger partial charge in [0.1, 0.15) is 0 Å². The summed E-state index contributed by atoms with van der Waals surface area (Å²) >= 11 is 0. The summed E-state index contributed by atoms with van der Waals surface area (Å²) in [6.07, 6.45) is 10.1. The van der Waals surface area contributed by atoms with Gasteiger partial charge in [-0.05, 0) is 67.8 Å². The molecule has 1 saturated carbocycles. The number of carbonyl (C=O) groups excluding carboxylic acids is 2.